The van der Waals surface area contributed by atoms with Gasteiger partial charge in [-0.1, -0.05) is 13.8 Å². The van der Waals surface area contributed by atoms with Crippen LogP contribution < -0.4 is 15.0 Å². The summed E-state index contributed by atoms with van der Waals surface area (Å²) in [5.41, 5.74) is 0.883. The number of nitrogens with one attached hydrogen (secondary N) is 1. The molecule has 0 aromatic heterocycles. The van der Waals surface area contributed by atoms with Crippen LogP contribution in [0.1, 0.15) is 26.7 Å². The van der Waals surface area contributed by atoms with Gasteiger partial charge < -0.3 is 15.0 Å². The number of hydrogen-bond acceptors (Lipinski definition) is 3. The summed E-state index contributed by atoms with van der Waals surface area (Å²) in [6, 6.07) is 7.28. The predicted octanol–water partition coefficient (Wildman–Crippen LogP) is 1.96. The summed E-state index contributed by atoms with van der Waals surface area (Å²) >= 11 is 0. The van der Waals surface area contributed by atoms with Gasteiger partial charge in [-0.25, -0.2) is 0 Å². The second kappa shape index (κ2) is 7.11. The standard InChI is InChI=1S/C16H22N2O3/c1-12(2)10-17-15(19)11-21-14-7-5-13(6-8-14)18-9-3-4-16(18)20/h5-8,12H,3-4,9-11H2,1-2H3,(H,17,19). The van der Waals surface area contributed by atoms with Crippen LogP contribution in [0.25, 0.3) is 0 Å². The fraction of sp³-hybridized carbons (Fsp3) is 0.500. The normalized spacial score (nSPS) is 14.6. The van der Waals surface area contributed by atoms with E-state index >= 15 is 0 Å². The number of carbonyl (C=O) groups excluding carboxylic acids is 2. The van der Waals surface area contributed by atoms with Crippen LogP contribution in [0.4, 0.5) is 5.69 Å². The molecular formula is C16H22N2O3. The van der Waals surface area contributed by atoms with Gasteiger partial charge in [-0.3, -0.25) is 9.59 Å². The van der Waals surface area contributed by atoms with Crippen molar-refractivity contribution >= 4 is 17.5 Å². The molecule has 21 heavy (non-hydrogen) atoms. The van der Waals surface area contributed by atoms with Crippen LogP contribution in [0, 0.1) is 5.92 Å². The van der Waals surface area contributed by atoms with E-state index in [-0.39, 0.29) is 18.4 Å². The molecular weight excluding hydrogens is 268 g/mol. The zero-order chi connectivity index (χ0) is 15.2. The smallest absolute Gasteiger partial charge is 0.257 e. The third-order valence-corrected chi connectivity index (χ3v) is 3.30. The minimum Gasteiger partial charge on any atom is -0.484 e. The molecule has 5 nitrogen and oxygen atoms in total. The van der Waals surface area contributed by atoms with Crippen LogP contribution in [-0.4, -0.2) is 31.5 Å². The highest BCUT2D eigenvalue weighted by Crippen LogP contribution is 2.23. The number of anilines is 1. The second-order valence-corrected chi connectivity index (χ2v) is 5.63. The topological polar surface area (TPSA) is 58.6 Å². The van der Waals surface area contributed by atoms with Gasteiger partial charge in [0.05, 0.1) is 0 Å². The van der Waals surface area contributed by atoms with Gasteiger partial charge in [0.15, 0.2) is 6.61 Å². The van der Waals surface area contributed by atoms with Crippen LogP contribution in [0.3, 0.4) is 0 Å². The van der Waals surface area contributed by atoms with Crippen LogP contribution in [-0.2, 0) is 9.59 Å². The van der Waals surface area contributed by atoms with Crippen LogP contribution in [0.15, 0.2) is 24.3 Å². The highest BCUT2D eigenvalue weighted by molar-refractivity contribution is 5.95. The zero-order valence-electron chi connectivity index (χ0n) is 12.6. The molecule has 0 saturated carbocycles. The van der Waals surface area contributed by atoms with Gasteiger partial charge in [0.25, 0.3) is 5.91 Å². The first-order valence-electron chi connectivity index (χ1n) is 7.36. The maximum Gasteiger partial charge on any atom is 0.257 e. The molecule has 2 amide bonds. The van der Waals surface area contributed by atoms with Gasteiger partial charge in [-0.2, -0.15) is 0 Å². The molecule has 1 heterocycles. The summed E-state index contributed by atoms with van der Waals surface area (Å²) in [6.07, 6.45) is 1.53. The number of hydrogen-bond donors (Lipinski definition) is 1. The predicted molar refractivity (Wildman–Crippen MR) is 81.4 cm³/mol. The Kier molecular flexibility index (Phi) is 5.20. The number of ether oxygens (including phenoxy) is 1. The average molecular weight is 290 g/mol. The quantitative estimate of drug-likeness (QED) is 0.871. The Morgan fingerprint density at radius 2 is 2.05 bits per heavy atom. The van der Waals surface area contributed by atoms with Crippen LogP contribution in [0.2, 0.25) is 0 Å². The summed E-state index contributed by atoms with van der Waals surface area (Å²) in [5.74, 6) is 1.09. The minimum atomic E-state index is -0.123. The lowest BCUT2D eigenvalue weighted by atomic mass is 10.2. The molecule has 1 saturated heterocycles. The molecule has 114 valence electrons. The molecule has 1 aliphatic rings. The molecule has 5 heteroatoms. The lowest BCUT2D eigenvalue weighted by Gasteiger charge is -2.16. The fourth-order valence-electron chi connectivity index (χ4n) is 2.16. The minimum absolute atomic E-state index is 0.00864. The molecule has 1 aromatic rings. The highest BCUT2D eigenvalue weighted by atomic mass is 16.5. The lowest BCUT2D eigenvalue weighted by Crippen LogP contribution is -2.31. The molecule has 0 bridgehead atoms. The maximum absolute atomic E-state index is 11.6. The van der Waals surface area contributed by atoms with Crippen molar-refractivity contribution in [1.82, 2.24) is 5.32 Å². The Morgan fingerprint density at radius 1 is 1.33 bits per heavy atom. The van der Waals surface area contributed by atoms with E-state index in [9.17, 15) is 9.59 Å². The van der Waals surface area contributed by atoms with Crippen molar-refractivity contribution in [3.05, 3.63) is 24.3 Å². The molecule has 0 unspecified atom stereocenters. The monoisotopic (exact) mass is 290 g/mol. The Labute approximate surface area is 125 Å². The van der Waals surface area contributed by atoms with Crippen molar-refractivity contribution in [2.75, 3.05) is 24.6 Å². The van der Waals surface area contributed by atoms with Gasteiger partial charge in [-0.15, -0.1) is 0 Å². The summed E-state index contributed by atoms with van der Waals surface area (Å²) in [5, 5.41) is 2.80. The molecule has 0 atom stereocenters. The van der Waals surface area contributed by atoms with Crippen molar-refractivity contribution in [1.29, 1.82) is 0 Å². The Morgan fingerprint density at radius 3 is 2.62 bits per heavy atom. The van der Waals surface area contributed by atoms with Crippen molar-refractivity contribution in [3.8, 4) is 5.75 Å². The van der Waals surface area contributed by atoms with E-state index in [0.717, 1.165) is 18.7 Å². The number of rotatable bonds is 6. The first-order valence-corrected chi connectivity index (χ1v) is 7.36. The largest absolute Gasteiger partial charge is 0.484 e. The molecule has 1 aromatic carbocycles. The van der Waals surface area contributed by atoms with Gasteiger partial charge in [0.1, 0.15) is 5.75 Å². The average Bonchev–Trinajstić information content (AvgIpc) is 2.89. The Hall–Kier alpha value is -2.04. The Balaban J connectivity index is 1.82. The number of carbonyl (C=O) groups is 2. The van der Waals surface area contributed by atoms with E-state index in [0.29, 0.717) is 24.6 Å². The zero-order valence-corrected chi connectivity index (χ0v) is 12.6. The van der Waals surface area contributed by atoms with E-state index in [1.807, 2.05) is 26.0 Å². The van der Waals surface area contributed by atoms with E-state index < -0.39 is 0 Å². The van der Waals surface area contributed by atoms with E-state index in [1.54, 1.807) is 17.0 Å². The summed E-state index contributed by atoms with van der Waals surface area (Å²) in [6.45, 7) is 5.52. The summed E-state index contributed by atoms with van der Waals surface area (Å²) < 4.78 is 5.43. The molecule has 1 aliphatic heterocycles. The lowest BCUT2D eigenvalue weighted by molar-refractivity contribution is -0.123. The second-order valence-electron chi connectivity index (χ2n) is 5.63. The third-order valence-electron chi connectivity index (χ3n) is 3.30. The van der Waals surface area contributed by atoms with Crippen molar-refractivity contribution in [3.63, 3.8) is 0 Å². The molecule has 0 aliphatic carbocycles. The number of amides is 2. The first-order chi connectivity index (χ1) is 10.1. The van der Waals surface area contributed by atoms with Crippen LogP contribution in [0.5, 0.6) is 5.75 Å². The van der Waals surface area contributed by atoms with Gasteiger partial charge in [-0.05, 0) is 36.6 Å². The molecule has 0 radical (unpaired) electrons. The van der Waals surface area contributed by atoms with Crippen molar-refractivity contribution in [2.45, 2.75) is 26.7 Å². The van der Waals surface area contributed by atoms with E-state index in [1.165, 1.54) is 0 Å². The maximum atomic E-state index is 11.6. The van der Waals surface area contributed by atoms with E-state index in [2.05, 4.69) is 5.32 Å². The molecule has 1 fully saturated rings. The fourth-order valence-corrected chi connectivity index (χ4v) is 2.16. The SMILES string of the molecule is CC(C)CNC(=O)COc1ccc(N2CCCC2=O)cc1. The van der Waals surface area contributed by atoms with Crippen molar-refractivity contribution < 1.29 is 14.3 Å². The molecule has 1 N–H and O–H groups in total. The van der Waals surface area contributed by atoms with E-state index in [4.69, 9.17) is 4.74 Å². The first kappa shape index (κ1) is 15.4. The number of nitrogens with zero attached hydrogens (tertiary/aromatic N) is 1. The van der Waals surface area contributed by atoms with Crippen molar-refractivity contribution in [2.24, 2.45) is 5.92 Å². The molecule has 0 spiro atoms. The highest BCUT2D eigenvalue weighted by Gasteiger charge is 2.21. The van der Waals surface area contributed by atoms with Gasteiger partial charge in [0.2, 0.25) is 5.91 Å². The third kappa shape index (κ3) is 4.48. The van der Waals surface area contributed by atoms with Gasteiger partial charge >= 0.3 is 0 Å². The Bertz CT molecular complexity index is 497. The van der Waals surface area contributed by atoms with Gasteiger partial charge in [0, 0.05) is 25.2 Å². The summed E-state index contributed by atoms with van der Waals surface area (Å²) in [4.78, 5) is 25.0. The summed E-state index contributed by atoms with van der Waals surface area (Å²) in [7, 11) is 0. The molecule has 2 rings (SSSR count). The number of benzene rings is 1. The van der Waals surface area contributed by atoms with Crippen LogP contribution >= 0.6 is 0 Å².